The van der Waals surface area contributed by atoms with Crippen molar-refractivity contribution in [3.63, 3.8) is 0 Å². The molecule has 0 atom stereocenters. The highest BCUT2D eigenvalue weighted by atomic mass is 19.1. The van der Waals surface area contributed by atoms with E-state index in [-0.39, 0.29) is 11.7 Å². The number of carbonyl (C=O) groups is 1. The minimum Gasteiger partial charge on any atom is -0.508 e. The van der Waals surface area contributed by atoms with Crippen molar-refractivity contribution in [2.24, 2.45) is 0 Å². The number of rotatable bonds is 5. The molecular formula is C27H20FN7O2. The summed E-state index contributed by atoms with van der Waals surface area (Å²) < 4.78 is 14.0. The lowest BCUT2D eigenvalue weighted by Crippen LogP contribution is -2.09. The summed E-state index contributed by atoms with van der Waals surface area (Å²) in [5.74, 6) is -0.795. The zero-order valence-electron chi connectivity index (χ0n) is 19.6. The Morgan fingerprint density at radius 2 is 1.86 bits per heavy atom. The van der Waals surface area contributed by atoms with Gasteiger partial charge in [0.2, 0.25) is 5.91 Å². The first-order chi connectivity index (χ1) is 18.0. The van der Waals surface area contributed by atoms with Crippen molar-refractivity contribution >= 4 is 33.5 Å². The summed E-state index contributed by atoms with van der Waals surface area (Å²) in [7, 11) is 0. The second-order valence-corrected chi connectivity index (χ2v) is 8.56. The lowest BCUT2D eigenvalue weighted by atomic mass is 10.0. The molecule has 5 heterocycles. The van der Waals surface area contributed by atoms with Gasteiger partial charge in [0.1, 0.15) is 22.8 Å². The van der Waals surface area contributed by atoms with E-state index in [9.17, 15) is 14.3 Å². The number of carbonyl (C=O) groups excluding carboxylic acids is 1. The normalized spacial score (nSPS) is 11.3. The number of phenols is 1. The average molecular weight is 494 g/mol. The molecule has 1 amide bonds. The number of aromatic hydroxyl groups is 1. The fourth-order valence-electron chi connectivity index (χ4n) is 4.28. The second-order valence-electron chi connectivity index (χ2n) is 8.56. The fourth-order valence-corrected chi connectivity index (χ4v) is 4.28. The van der Waals surface area contributed by atoms with Gasteiger partial charge in [-0.05, 0) is 42.0 Å². The summed E-state index contributed by atoms with van der Waals surface area (Å²) in [6, 6.07) is 11.4. The molecule has 0 aliphatic rings. The standard InChI is InChI=1S/C27H20FN7O2/c1-2-25(37)31-17-6-15(10-29-11-17)21-3-4-22-26(33-21)27(35-34-22)23-9-19-20(12-30-13-24(19)32-23)14-5-16(28)8-18(36)7-14/h3-13,32,36H,2H2,1H3,(H,31,37)(H,34,35). The zero-order chi connectivity index (χ0) is 25.5. The number of anilines is 1. The lowest BCUT2D eigenvalue weighted by Gasteiger charge is -2.06. The van der Waals surface area contributed by atoms with Crippen LogP contribution >= 0.6 is 0 Å². The maximum atomic E-state index is 14.0. The van der Waals surface area contributed by atoms with Gasteiger partial charge < -0.3 is 15.4 Å². The molecule has 4 N–H and O–H groups in total. The highest BCUT2D eigenvalue weighted by Crippen LogP contribution is 2.35. The molecule has 9 nitrogen and oxygen atoms in total. The number of nitrogens with zero attached hydrogens (tertiary/aromatic N) is 4. The molecule has 37 heavy (non-hydrogen) atoms. The van der Waals surface area contributed by atoms with E-state index in [0.29, 0.717) is 45.8 Å². The smallest absolute Gasteiger partial charge is 0.224 e. The number of hydrogen-bond donors (Lipinski definition) is 4. The number of halogens is 1. The number of fused-ring (bicyclic) bond motifs is 2. The minimum atomic E-state index is -0.536. The van der Waals surface area contributed by atoms with Gasteiger partial charge in [-0.2, -0.15) is 5.10 Å². The molecule has 6 aromatic rings. The highest BCUT2D eigenvalue weighted by molar-refractivity contribution is 6.00. The Hall–Kier alpha value is -5.12. The van der Waals surface area contributed by atoms with Crippen LogP contribution in [0, 0.1) is 5.82 Å². The van der Waals surface area contributed by atoms with Crippen molar-refractivity contribution in [2.75, 3.05) is 5.32 Å². The van der Waals surface area contributed by atoms with Crippen LogP contribution < -0.4 is 5.32 Å². The van der Waals surface area contributed by atoms with Gasteiger partial charge in [0, 0.05) is 41.4 Å². The number of nitrogens with one attached hydrogen (secondary N) is 3. The number of pyridine rings is 3. The summed E-state index contributed by atoms with van der Waals surface area (Å²) in [4.78, 5) is 28.5. The minimum absolute atomic E-state index is 0.0967. The third kappa shape index (κ3) is 4.14. The van der Waals surface area contributed by atoms with Gasteiger partial charge in [-0.3, -0.25) is 19.9 Å². The Bertz CT molecular complexity index is 1790. The van der Waals surface area contributed by atoms with Crippen molar-refractivity contribution in [3.8, 4) is 39.5 Å². The maximum Gasteiger partial charge on any atom is 0.224 e. The zero-order valence-corrected chi connectivity index (χ0v) is 19.6. The van der Waals surface area contributed by atoms with E-state index in [1.165, 1.54) is 12.1 Å². The monoisotopic (exact) mass is 493 g/mol. The van der Waals surface area contributed by atoms with Gasteiger partial charge in [-0.25, -0.2) is 9.37 Å². The lowest BCUT2D eigenvalue weighted by molar-refractivity contribution is -0.115. The van der Waals surface area contributed by atoms with Crippen LogP contribution in [0.25, 0.3) is 55.7 Å². The molecule has 0 aliphatic carbocycles. The second kappa shape index (κ2) is 8.83. The van der Waals surface area contributed by atoms with Crippen molar-refractivity contribution in [2.45, 2.75) is 13.3 Å². The third-order valence-corrected chi connectivity index (χ3v) is 6.04. The maximum absolute atomic E-state index is 14.0. The van der Waals surface area contributed by atoms with E-state index in [2.05, 4.69) is 30.5 Å². The number of H-pyrrole nitrogens is 2. The summed E-state index contributed by atoms with van der Waals surface area (Å²) in [5, 5.41) is 21.0. The Morgan fingerprint density at radius 3 is 2.70 bits per heavy atom. The van der Waals surface area contributed by atoms with Gasteiger partial charge >= 0.3 is 0 Å². The van der Waals surface area contributed by atoms with Crippen LogP contribution in [-0.2, 0) is 4.79 Å². The first-order valence-corrected chi connectivity index (χ1v) is 11.6. The SMILES string of the molecule is CCC(=O)Nc1cncc(-c2ccc3[nH]nc(-c4cc5c(-c6cc(O)cc(F)c6)cncc5[nH]4)c3n2)c1. The van der Waals surface area contributed by atoms with E-state index >= 15 is 0 Å². The van der Waals surface area contributed by atoms with Crippen LogP contribution in [0.5, 0.6) is 5.75 Å². The number of phenolic OH excluding ortho intramolecular Hbond substituents is 1. The largest absolute Gasteiger partial charge is 0.508 e. The topological polar surface area (TPSA) is 132 Å². The van der Waals surface area contributed by atoms with Crippen LogP contribution in [0.3, 0.4) is 0 Å². The van der Waals surface area contributed by atoms with Gasteiger partial charge in [0.05, 0.1) is 40.5 Å². The molecule has 0 saturated carbocycles. The molecule has 0 spiro atoms. The molecule has 0 radical (unpaired) electrons. The summed E-state index contributed by atoms with van der Waals surface area (Å²) >= 11 is 0. The van der Waals surface area contributed by atoms with Gasteiger partial charge in [0.15, 0.2) is 0 Å². The molecule has 182 valence electrons. The third-order valence-electron chi connectivity index (χ3n) is 6.04. The average Bonchev–Trinajstić information content (AvgIpc) is 3.51. The molecular weight excluding hydrogens is 473 g/mol. The summed E-state index contributed by atoms with van der Waals surface area (Å²) in [6.45, 7) is 1.79. The van der Waals surface area contributed by atoms with E-state index in [1.54, 1.807) is 31.7 Å². The van der Waals surface area contributed by atoms with Crippen LogP contribution in [-0.4, -0.2) is 41.1 Å². The number of aromatic nitrogens is 6. The molecule has 0 saturated heterocycles. The number of amides is 1. The molecule has 0 aliphatic heterocycles. The van der Waals surface area contributed by atoms with Gasteiger partial charge in [-0.15, -0.1) is 0 Å². The molecule has 5 aromatic heterocycles. The molecule has 0 fully saturated rings. The quantitative estimate of drug-likeness (QED) is 0.253. The Kier molecular flexibility index (Phi) is 5.33. The Morgan fingerprint density at radius 1 is 1.00 bits per heavy atom. The molecule has 0 bridgehead atoms. The Labute approximate surface area is 209 Å². The van der Waals surface area contributed by atoms with E-state index in [1.807, 2.05) is 24.3 Å². The molecule has 6 rings (SSSR count). The van der Waals surface area contributed by atoms with E-state index in [0.717, 1.165) is 28.0 Å². The first kappa shape index (κ1) is 22.4. The molecule has 10 heteroatoms. The van der Waals surface area contributed by atoms with E-state index < -0.39 is 5.82 Å². The summed E-state index contributed by atoms with van der Waals surface area (Å²) in [6.07, 6.45) is 6.95. The van der Waals surface area contributed by atoms with Gasteiger partial charge in [-0.1, -0.05) is 6.92 Å². The summed E-state index contributed by atoms with van der Waals surface area (Å²) in [5.41, 5.74) is 6.61. The first-order valence-electron chi connectivity index (χ1n) is 11.6. The molecule has 1 aromatic carbocycles. The van der Waals surface area contributed by atoms with Crippen LogP contribution in [0.1, 0.15) is 13.3 Å². The fraction of sp³-hybridized carbons (Fsp3) is 0.0741. The highest BCUT2D eigenvalue weighted by Gasteiger charge is 2.16. The number of hydrogen-bond acceptors (Lipinski definition) is 6. The molecule has 0 unspecified atom stereocenters. The van der Waals surface area contributed by atoms with Crippen LogP contribution in [0.15, 0.2) is 67.3 Å². The van der Waals surface area contributed by atoms with Crippen LogP contribution in [0.4, 0.5) is 10.1 Å². The van der Waals surface area contributed by atoms with Crippen LogP contribution in [0.2, 0.25) is 0 Å². The Balaban J connectivity index is 1.43. The number of aromatic amines is 2. The predicted molar refractivity (Wildman–Crippen MR) is 138 cm³/mol. The van der Waals surface area contributed by atoms with Gasteiger partial charge in [0.25, 0.3) is 0 Å². The predicted octanol–water partition coefficient (Wildman–Crippen LogP) is 5.42. The number of benzene rings is 1. The van der Waals surface area contributed by atoms with Crippen molar-refractivity contribution in [1.29, 1.82) is 0 Å². The van der Waals surface area contributed by atoms with Crippen molar-refractivity contribution in [3.05, 3.63) is 73.1 Å². The van der Waals surface area contributed by atoms with Crippen molar-refractivity contribution in [1.82, 2.24) is 30.1 Å². The van der Waals surface area contributed by atoms with E-state index in [4.69, 9.17) is 4.98 Å². The van der Waals surface area contributed by atoms with Crippen molar-refractivity contribution < 1.29 is 14.3 Å².